The van der Waals surface area contributed by atoms with E-state index in [1.165, 1.54) is 4.90 Å². The number of hydrogen-bond acceptors (Lipinski definition) is 5. The highest BCUT2D eigenvalue weighted by atomic mass is 35.5. The third-order valence-corrected chi connectivity index (χ3v) is 17.3. The van der Waals surface area contributed by atoms with Crippen molar-refractivity contribution < 1.29 is 23.9 Å². The molecular weight excluding hydrogens is 1020 g/mol. The van der Waals surface area contributed by atoms with Crippen LogP contribution in [-0.4, -0.2) is 50.9 Å². The Morgan fingerprint density at radius 1 is 0.418 bits per heavy atom. The Labute approximate surface area is 470 Å². The van der Waals surface area contributed by atoms with Crippen LogP contribution < -0.4 is 4.74 Å². The number of carbonyl (C=O) groups excluding carboxylic acids is 4. The van der Waals surface area contributed by atoms with Gasteiger partial charge in [0.25, 0.3) is 23.6 Å². The van der Waals surface area contributed by atoms with Crippen LogP contribution in [0, 0.1) is 6.92 Å². The molecule has 10 aromatic carbocycles. The lowest BCUT2D eigenvalue weighted by atomic mass is 9.78. The normalized spacial score (nSPS) is 16.0. The molecule has 2 heterocycles. The summed E-state index contributed by atoms with van der Waals surface area (Å²) in [4.78, 5) is 63.4. The molecule has 392 valence electrons. The van der Waals surface area contributed by atoms with Crippen molar-refractivity contribution in [2.24, 2.45) is 0 Å². The van der Waals surface area contributed by atoms with Gasteiger partial charge in [0.2, 0.25) is 0 Å². The molecule has 14 rings (SSSR count). The predicted molar refractivity (Wildman–Crippen MR) is 318 cm³/mol. The number of rotatable bonds is 10. The number of imide groups is 2. The predicted octanol–water partition coefficient (Wildman–Crippen LogP) is 17.5. The third kappa shape index (κ3) is 8.56. The molecule has 0 bridgehead atoms. The topological polar surface area (TPSA) is 84.0 Å². The van der Waals surface area contributed by atoms with E-state index in [0.29, 0.717) is 44.5 Å². The first-order valence-electron chi connectivity index (χ1n) is 27.9. The molecule has 79 heavy (non-hydrogen) atoms. The molecule has 0 atom stereocenters. The Morgan fingerprint density at radius 3 is 1.18 bits per heavy atom. The molecule has 0 spiro atoms. The van der Waals surface area contributed by atoms with Crippen LogP contribution in [0.5, 0.6) is 11.5 Å². The second-order valence-electron chi connectivity index (χ2n) is 21.8. The highest BCUT2D eigenvalue weighted by Crippen LogP contribution is 2.53. The average molecular weight is 1080 g/mol. The number of hydrogen-bond donors (Lipinski definition) is 0. The zero-order valence-corrected chi connectivity index (χ0v) is 45.5. The Morgan fingerprint density at radius 2 is 0.772 bits per heavy atom. The molecule has 0 radical (unpaired) electrons. The fraction of sp³-hybridized carbons (Fsp3) is 0.229. The van der Waals surface area contributed by atoms with E-state index in [1.807, 2.05) is 66.7 Å². The largest absolute Gasteiger partial charge is 0.456 e. The van der Waals surface area contributed by atoms with Gasteiger partial charge >= 0.3 is 0 Å². The molecule has 2 saturated carbocycles. The summed E-state index contributed by atoms with van der Waals surface area (Å²) in [6.45, 7) is 2.15. The molecule has 0 saturated heterocycles. The number of benzene rings is 10. The number of carbonyl (C=O) groups is 4. The fourth-order valence-electron chi connectivity index (χ4n) is 14.0. The summed E-state index contributed by atoms with van der Waals surface area (Å²) >= 11 is 9.53. The van der Waals surface area contributed by atoms with Gasteiger partial charge in [0, 0.05) is 73.3 Å². The molecule has 2 aliphatic heterocycles. The average Bonchev–Trinajstić information content (AvgIpc) is 3.48. The van der Waals surface area contributed by atoms with E-state index in [2.05, 4.69) is 116 Å². The summed E-state index contributed by atoms with van der Waals surface area (Å²) in [7, 11) is 0. The highest BCUT2D eigenvalue weighted by Gasteiger charge is 2.42. The van der Waals surface area contributed by atoms with Crippen molar-refractivity contribution in [1.82, 2.24) is 9.80 Å². The first-order valence-corrected chi connectivity index (χ1v) is 29.0. The van der Waals surface area contributed by atoms with Crippen LogP contribution in [0.1, 0.15) is 156 Å². The second kappa shape index (κ2) is 21.1. The number of ether oxygens (including phenoxy) is 1. The number of nitrogens with zero attached hydrogens (tertiary/aromatic N) is 2. The van der Waals surface area contributed by atoms with Gasteiger partial charge in [-0.15, -0.1) is 23.2 Å². The van der Waals surface area contributed by atoms with Crippen LogP contribution in [0.15, 0.2) is 176 Å². The lowest BCUT2D eigenvalue weighted by Gasteiger charge is -2.37. The van der Waals surface area contributed by atoms with E-state index >= 15 is 9.59 Å². The molecule has 0 N–H and O–H groups in total. The van der Waals surface area contributed by atoms with Crippen molar-refractivity contribution in [2.75, 3.05) is 5.34 Å². The fourth-order valence-corrected chi connectivity index (χ4v) is 14.0. The Kier molecular flexibility index (Phi) is 13.5. The lowest BCUT2D eigenvalue weighted by molar-refractivity contribution is 0.0487. The van der Waals surface area contributed by atoms with Crippen LogP contribution in [0.25, 0.3) is 43.1 Å². The number of alkyl halides is 2. The first-order chi connectivity index (χ1) is 38.7. The van der Waals surface area contributed by atoms with Crippen molar-refractivity contribution in [3.05, 3.63) is 237 Å². The summed E-state index contributed by atoms with van der Waals surface area (Å²) in [5.74, 6) is -0.528. The maximum atomic E-state index is 15.6. The molecule has 2 fully saturated rings. The van der Waals surface area contributed by atoms with Crippen LogP contribution >= 0.6 is 23.2 Å². The van der Waals surface area contributed by atoms with Crippen molar-refractivity contribution in [2.45, 2.75) is 95.1 Å². The monoisotopic (exact) mass is 1080 g/mol. The van der Waals surface area contributed by atoms with E-state index in [0.717, 1.165) is 135 Å². The van der Waals surface area contributed by atoms with Gasteiger partial charge in [-0.25, -0.2) is 0 Å². The van der Waals surface area contributed by atoms with Crippen LogP contribution in [0.4, 0.5) is 0 Å². The minimum Gasteiger partial charge on any atom is -0.456 e. The molecule has 7 nitrogen and oxygen atoms in total. The van der Waals surface area contributed by atoms with Gasteiger partial charge in [0.15, 0.2) is 0 Å². The molecule has 4 aliphatic rings. The van der Waals surface area contributed by atoms with Crippen LogP contribution in [0.3, 0.4) is 0 Å². The lowest BCUT2D eigenvalue weighted by Crippen LogP contribution is -2.47. The van der Waals surface area contributed by atoms with Crippen molar-refractivity contribution >= 4 is 89.9 Å². The quantitative estimate of drug-likeness (QED) is 0.0448. The zero-order chi connectivity index (χ0) is 53.9. The van der Waals surface area contributed by atoms with Gasteiger partial charge in [0.1, 0.15) is 11.5 Å². The van der Waals surface area contributed by atoms with E-state index in [9.17, 15) is 9.59 Å². The molecule has 0 aromatic heterocycles. The minimum atomic E-state index is -0.310. The smallest absolute Gasteiger partial charge is 0.261 e. The minimum absolute atomic E-state index is 0.145. The molecule has 0 unspecified atom stereocenters. The summed E-state index contributed by atoms with van der Waals surface area (Å²) in [6, 6.07) is 60.1. The van der Waals surface area contributed by atoms with Crippen LogP contribution in [0.2, 0.25) is 0 Å². The summed E-state index contributed by atoms with van der Waals surface area (Å²) in [6.07, 6.45) is 9.19. The molecule has 9 heteroatoms. The Balaban J connectivity index is 0.00000193. The summed E-state index contributed by atoms with van der Waals surface area (Å²) in [5.41, 5.74) is 9.29. The summed E-state index contributed by atoms with van der Waals surface area (Å²) < 4.78 is 8.01. The Hall–Kier alpha value is -7.84. The maximum absolute atomic E-state index is 15.6. The van der Waals surface area contributed by atoms with Gasteiger partial charge in [0.05, 0.1) is 10.9 Å². The SMILES string of the molecule is Cc1cc(C(c2ccccc2)c2ccccc2)c(Oc2cc3c4c(ccc5c6ccc7c8c(ccc(c2c45)c86)C(=O)N(C2CCCCC2)C7=O)C(=O)N(C2CCCCC2)C3=O)c(C(c2ccccc2)c2ccccc2)c1.ClCCl. The van der Waals surface area contributed by atoms with E-state index in [-0.39, 0.29) is 52.9 Å². The standard InChI is InChI=1S/C69H56N2O5.CH2Cl2/c1-41-38-54(58(42-20-8-2-9-21-42)43-22-10-3-11-23-43)65(55(39-41)59(44-24-12-4-13-25-44)45-26-14-5-15-27-45)76-57-40-56-62-53(68(74)71(69(56)75)47-30-18-7-19-31-47)36-33-49-48-32-35-51-61-52(37-34-50(60(48)61)63(57)64(49)62)67(73)70(66(51)72)46-28-16-6-17-29-46;2-1-3/h2-5,8-15,20-27,32-40,46-47,58-59H,6-7,16-19,28-31H2,1H3;1H2. The van der Waals surface area contributed by atoms with Gasteiger partial charge < -0.3 is 4.74 Å². The molecule has 2 aliphatic carbocycles. The number of fused-ring (bicyclic) bond motifs is 2. The zero-order valence-electron chi connectivity index (χ0n) is 44.0. The molecule has 10 aromatic rings. The van der Waals surface area contributed by atoms with Gasteiger partial charge in [-0.2, -0.15) is 0 Å². The number of aryl methyl sites for hydroxylation is 1. The first kappa shape index (κ1) is 50.7. The number of amides is 4. The van der Waals surface area contributed by atoms with Crippen LogP contribution in [-0.2, 0) is 0 Å². The summed E-state index contributed by atoms with van der Waals surface area (Å²) in [5, 5.41) is 6.15. The van der Waals surface area contributed by atoms with Gasteiger partial charge in [-0.05, 0) is 101 Å². The number of halogens is 2. The highest BCUT2D eigenvalue weighted by molar-refractivity contribution is 6.42. The Bertz CT molecular complexity index is 3800. The maximum Gasteiger partial charge on any atom is 0.261 e. The van der Waals surface area contributed by atoms with Crippen molar-refractivity contribution in [3.63, 3.8) is 0 Å². The van der Waals surface area contributed by atoms with Gasteiger partial charge in [-0.1, -0.05) is 196 Å². The molecular formula is C70H58Cl2N2O5. The third-order valence-electron chi connectivity index (χ3n) is 17.3. The van der Waals surface area contributed by atoms with Crippen molar-refractivity contribution in [3.8, 4) is 11.5 Å². The van der Waals surface area contributed by atoms with E-state index < -0.39 is 0 Å². The van der Waals surface area contributed by atoms with E-state index in [1.54, 1.807) is 4.90 Å². The molecule has 4 amide bonds. The second-order valence-corrected chi connectivity index (χ2v) is 22.6. The van der Waals surface area contributed by atoms with E-state index in [4.69, 9.17) is 27.9 Å². The van der Waals surface area contributed by atoms with Gasteiger partial charge in [-0.3, -0.25) is 29.0 Å². The van der Waals surface area contributed by atoms with Crippen molar-refractivity contribution in [1.29, 1.82) is 0 Å².